The van der Waals surface area contributed by atoms with Gasteiger partial charge in [-0.1, -0.05) is 19.8 Å². The number of benzene rings is 1. The van der Waals surface area contributed by atoms with Crippen molar-refractivity contribution in [3.8, 4) is 0 Å². The molecule has 1 aliphatic carbocycles. The van der Waals surface area contributed by atoms with E-state index in [9.17, 15) is 19.7 Å². The summed E-state index contributed by atoms with van der Waals surface area (Å²) in [6.45, 7) is 1.84. The van der Waals surface area contributed by atoms with Gasteiger partial charge in [-0.25, -0.2) is 4.79 Å². The Balaban J connectivity index is 2.29. The van der Waals surface area contributed by atoms with Crippen LogP contribution in [-0.4, -0.2) is 21.9 Å². The molecule has 1 aromatic carbocycles. The van der Waals surface area contributed by atoms with Crippen molar-refractivity contribution in [2.45, 2.75) is 32.6 Å². The molecule has 0 unspecified atom stereocenters. The van der Waals surface area contributed by atoms with Crippen LogP contribution in [-0.2, 0) is 4.79 Å². The predicted octanol–water partition coefficient (Wildman–Crippen LogP) is 2.81. The molecule has 0 saturated heterocycles. The minimum atomic E-state index is -1.25. The van der Waals surface area contributed by atoms with Gasteiger partial charge >= 0.3 is 5.97 Å². The van der Waals surface area contributed by atoms with Crippen molar-refractivity contribution in [1.82, 2.24) is 0 Å². The lowest BCUT2D eigenvalue weighted by atomic mass is 9.88. The van der Waals surface area contributed by atoms with Gasteiger partial charge in [-0.2, -0.15) is 0 Å². The predicted molar refractivity (Wildman–Crippen MR) is 75.3 cm³/mol. The highest BCUT2D eigenvalue weighted by Crippen LogP contribution is 2.39. The average molecular weight is 292 g/mol. The Morgan fingerprint density at radius 1 is 1.33 bits per heavy atom. The maximum absolute atomic E-state index is 12.3. The van der Waals surface area contributed by atoms with Crippen molar-refractivity contribution in [1.29, 1.82) is 0 Å². The molecule has 1 amide bonds. The van der Waals surface area contributed by atoms with E-state index < -0.39 is 22.0 Å². The first-order valence-corrected chi connectivity index (χ1v) is 6.67. The molecule has 1 aliphatic rings. The number of rotatable bonds is 4. The number of carbonyl (C=O) groups excluding carboxylic acids is 1. The van der Waals surface area contributed by atoms with Crippen LogP contribution in [0.5, 0.6) is 0 Å². The van der Waals surface area contributed by atoms with Gasteiger partial charge in [0, 0.05) is 11.5 Å². The van der Waals surface area contributed by atoms with E-state index in [4.69, 9.17) is 5.11 Å². The van der Waals surface area contributed by atoms with Crippen LogP contribution in [0.1, 0.15) is 43.0 Å². The minimum absolute atomic E-state index is 0.0307. The van der Waals surface area contributed by atoms with Crippen molar-refractivity contribution in [3.05, 3.63) is 33.9 Å². The molecule has 0 bridgehead atoms. The molecule has 0 radical (unpaired) electrons. The topological polar surface area (TPSA) is 110 Å². The zero-order valence-electron chi connectivity index (χ0n) is 11.6. The largest absolute Gasteiger partial charge is 0.478 e. The lowest BCUT2D eigenvalue weighted by Gasteiger charge is -2.22. The number of hydrogen-bond donors (Lipinski definition) is 2. The van der Waals surface area contributed by atoms with Crippen LogP contribution < -0.4 is 5.32 Å². The molecule has 0 spiro atoms. The minimum Gasteiger partial charge on any atom is -0.478 e. The van der Waals surface area contributed by atoms with Gasteiger partial charge in [-0.3, -0.25) is 14.9 Å². The van der Waals surface area contributed by atoms with E-state index in [1.807, 2.05) is 6.92 Å². The number of carboxylic acid groups (broad SMARTS) is 1. The molecular formula is C14H16N2O5. The lowest BCUT2D eigenvalue weighted by molar-refractivity contribution is -0.384. The smallest absolute Gasteiger partial charge is 0.335 e. The highest BCUT2D eigenvalue weighted by Gasteiger charge is 2.37. The summed E-state index contributed by atoms with van der Waals surface area (Å²) < 4.78 is 0. The summed E-state index contributed by atoms with van der Waals surface area (Å²) in [5.74, 6) is -1.51. The fourth-order valence-electron chi connectivity index (χ4n) is 2.58. The molecule has 1 aromatic rings. The van der Waals surface area contributed by atoms with Crippen LogP contribution in [0.2, 0.25) is 0 Å². The molecule has 2 rings (SSSR count). The van der Waals surface area contributed by atoms with Crippen LogP contribution >= 0.6 is 0 Å². The van der Waals surface area contributed by atoms with Crippen molar-refractivity contribution in [2.24, 2.45) is 5.41 Å². The fourth-order valence-corrected chi connectivity index (χ4v) is 2.58. The molecule has 0 atom stereocenters. The van der Waals surface area contributed by atoms with Crippen molar-refractivity contribution >= 4 is 23.3 Å². The monoisotopic (exact) mass is 292 g/mol. The highest BCUT2D eigenvalue weighted by atomic mass is 16.6. The fraction of sp³-hybridized carbons (Fsp3) is 0.429. The van der Waals surface area contributed by atoms with Crippen LogP contribution in [0, 0.1) is 15.5 Å². The van der Waals surface area contributed by atoms with Crippen LogP contribution in [0.15, 0.2) is 18.2 Å². The number of carbonyl (C=O) groups is 2. The third-order valence-electron chi connectivity index (χ3n) is 3.94. The number of nitro groups is 1. The number of nitrogens with one attached hydrogen (secondary N) is 1. The average Bonchev–Trinajstić information content (AvgIpc) is 2.87. The number of nitro benzene ring substituents is 1. The Hall–Kier alpha value is -2.44. The van der Waals surface area contributed by atoms with Gasteiger partial charge in [0.05, 0.1) is 10.5 Å². The molecule has 0 aliphatic heterocycles. The summed E-state index contributed by atoms with van der Waals surface area (Å²) >= 11 is 0. The third-order valence-corrected chi connectivity index (χ3v) is 3.94. The van der Waals surface area contributed by atoms with Crippen molar-refractivity contribution in [2.75, 3.05) is 5.32 Å². The van der Waals surface area contributed by atoms with E-state index in [0.717, 1.165) is 31.7 Å². The maximum Gasteiger partial charge on any atom is 0.335 e. The summed E-state index contributed by atoms with van der Waals surface area (Å²) in [6.07, 6.45) is 3.42. The Labute approximate surface area is 121 Å². The van der Waals surface area contributed by atoms with E-state index >= 15 is 0 Å². The van der Waals surface area contributed by atoms with Gasteiger partial charge in [0.15, 0.2) is 0 Å². The summed E-state index contributed by atoms with van der Waals surface area (Å²) in [6, 6.07) is 3.45. The normalized spacial score (nSPS) is 16.4. The first kappa shape index (κ1) is 15.0. The second-order valence-electron chi connectivity index (χ2n) is 5.52. The molecule has 7 nitrogen and oxygen atoms in total. The maximum atomic E-state index is 12.3. The molecule has 0 aromatic heterocycles. The molecule has 0 heterocycles. The number of hydrogen-bond acceptors (Lipinski definition) is 4. The Kier molecular flexibility index (Phi) is 3.93. The van der Waals surface area contributed by atoms with Gasteiger partial charge < -0.3 is 10.4 Å². The van der Waals surface area contributed by atoms with E-state index in [2.05, 4.69) is 5.32 Å². The third kappa shape index (κ3) is 3.01. The standard InChI is InChI=1S/C14H16N2O5/c1-14(6-2-3-7-14)13(19)15-10-5-4-9(12(17)18)8-11(10)16(20)21/h4-5,8H,2-3,6-7H2,1H3,(H,15,19)(H,17,18). The van der Waals surface area contributed by atoms with E-state index in [-0.39, 0.29) is 17.2 Å². The second kappa shape index (κ2) is 5.51. The Bertz CT molecular complexity index is 605. The van der Waals surface area contributed by atoms with Gasteiger partial charge in [0.1, 0.15) is 5.69 Å². The lowest BCUT2D eigenvalue weighted by Crippen LogP contribution is -2.31. The first-order chi connectivity index (χ1) is 9.83. The van der Waals surface area contributed by atoms with Crippen molar-refractivity contribution < 1.29 is 19.6 Å². The zero-order chi connectivity index (χ0) is 15.6. The van der Waals surface area contributed by atoms with Gasteiger partial charge in [0.2, 0.25) is 5.91 Å². The molecule has 21 heavy (non-hydrogen) atoms. The van der Waals surface area contributed by atoms with Gasteiger partial charge in [-0.05, 0) is 25.0 Å². The Morgan fingerprint density at radius 3 is 2.48 bits per heavy atom. The molecule has 1 fully saturated rings. The van der Waals surface area contributed by atoms with Crippen LogP contribution in [0.3, 0.4) is 0 Å². The molecule has 7 heteroatoms. The zero-order valence-corrected chi connectivity index (χ0v) is 11.6. The van der Waals surface area contributed by atoms with E-state index in [0.29, 0.717) is 0 Å². The number of aromatic carboxylic acids is 1. The van der Waals surface area contributed by atoms with Crippen LogP contribution in [0.4, 0.5) is 11.4 Å². The molecule has 112 valence electrons. The number of anilines is 1. The molecule has 1 saturated carbocycles. The summed E-state index contributed by atoms with van der Waals surface area (Å²) in [7, 11) is 0. The summed E-state index contributed by atoms with van der Waals surface area (Å²) in [5.41, 5.74) is -1.08. The highest BCUT2D eigenvalue weighted by molar-refractivity contribution is 5.98. The van der Waals surface area contributed by atoms with Crippen molar-refractivity contribution in [3.63, 3.8) is 0 Å². The number of amides is 1. The van der Waals surface area contributed by atoms with Gasteiger partial charge in [-0.15, -0.1) is 0 Å². The molecular weight excluding hydrogens is 276 g/mol. The van der Waals surface area contributed by atoms with E-state index in [1.165, 1.54) is 12.1 Å². The SMILES string of the molecule is CC1(C(=O)Nc2ccc(C(=O)O)cc2[N+](=O)[O-])CCCC1. The summed E-state index contributed by atoms with van der Waals surface area (Å²) in [4.78, 5) is 33.5. The number of carboxylic acids is 1. The first-order valence-electron chi connectivity index (χ1n) is 6.67. The quantitative estimate of drug-likeness (QED) is 0.655. The van der Waals surface area contributed by atoms with Gasteiger partial charge in [0.25, 0.3) is 5.69 Å². The second-order valence-corrected chi connectivity index (χ2v) is 5.52. The molecule has 2 N–H and O–H groups in total. The number of nitrogens with zero attached hydrogens (tertiary/aromatic N) is 1. The van der Waals surface area contributed by atoms with Crippen LogP contribution in [0.25, 0.3) is 0 Å². The van der Waals surface area contributed by atoms with E-state index in [1.54, 1.807) is 0 Å². The summed E-state index contributed by atoms with van der Waals surface area (Å²) in [5, 5.41) is 22.5. The Morgan fingerprint density at radius 2 is 1.95 bits per heavy atom.